The maximum Gasteiger partial charge on any atom is 0.274 e. The predicted octanol–water partition coefficient (Wildman–Crippen LogP) is 2.58. The van der Waals surface area contributed by atoms with Crippen molar-refractivity contribution in [2.45, 2.75) is 32.5 Å². The van der Waals surface area contributed by atoms with E-state index < -0.39 is 5.79 Å². The summed E-state index contributed by atoms with van der Waals surface area (Å²) in [7, 11) is 0. The SMILES string of the molecule is CC(=O)c1cccc(NC(=O)c2cc(C)nc(N3CCC4(CC3)OCCO4)n2)c1. The van der Waals surface area contributed by atoms with Gasteiger partial charge in [-0.2, -0.15) is 0 Å². The molecule has 1 amide bonds. The highest BCUT2D eigenvalue weighted by Crippen LogP contribution is 2.32. The zero-order valence-corrected chi connectivity index (χ0v) is 16.6. The molecule has 0 aliphatic carbocycles. The van der Waals surface area contributed by atoms with Crippen LogP contribution in [0.1, 0.15) is 46.3 Å². The summed E-state index contributed by atoms with van der Waals surface area (Å²) in [6.45, 7) is 6.00. The van der Waals surface area contributed by atoms with Gasteiger partial charge < -0.3 is 19.7 Å². The first-order valence-corrected chi connectivity index (χ1v) is 9.75. The number of amides is 1. The molecular weight excluding hydrogens is 372 g/mol. The number of aromatic nitrogens is 2. The van der Waals surface area contributed by atoms with Crippen molar-refractivity contribution in [2.75, 3.05) is 36.5 Å². The average Bonchev–Trinajstić information content (AvgIpc) is 3.16. The number of nitrogens with zero attached hydrogens (tertiary/aromatic N) is 3. The van der Waals surface area contributed by atoms with E-state index in [1.165, 1.54) is 6.92 Å². The topological polar surface area (TPSA) is 93.7 Å². The number of aryl methyl sites for hydroxylation is 1. The number of rotatable bonds is 4. The smallest absolute Gasteiger partial charge is 0.274 e. The van der Waals surface area contributed by atoms with Gasteiger partial charge in [0, 0.05) is 42.9 Å². The van der Waals surface area contributed by atoms with Gasteiger partial charge in [0.15, 0.2) is 11.6 Å². The number of carbonyl (C=O) groups excluding carboxylic acids is 2. The molecule has 1 aromatic carbocycles. The number of ether oxygens (including phenoxy) is 2. The van der Waals surface area contributed by atoms with E-state index in [1.807, 2.05) is 6.92 Å². The number of carbonyl (C=O) groups is 2. The minimum atomic E-state index is -0.470. The molecule has 3 heterocycles. The Morgan fingerprint density at radius 1 is 1.10 bits per heavy atom. The van der Waals surface area contributed by atoms with Crippen LogP contribution >= 0.6 is 0 Å². The van der Waals surface area contributed by atoms with E-state index in [-0.39, 0.29) is 17.4 Å². The van der Waals surface area contributed by atoms with Crippen LogP contribution in [0, 0.1) is 6.92 Å². The van der Waals surface area contributed by atoms with Gasteiger partial charge in [-0.25, -0.2) is 9.97 Å². The second-order valence-electron chi connectivity index (χ2n) is 7.38. The molecule has 0 atom stereocenters. The van der Waals surface area contributed by atoms with Crippen molar-refractivity contribution in [3.8, 4) is 0 Å². The van der Waals surface area contributed by atoms with Crippen LogP contribution in [0.3, 0.4) is 0 Å². The lowest BCUT2D eigenvalue weighted by Crippen LogP contribution is -2.45. The number of benzene rings is 1. The quantitative estimate of drug-likeness (QED) is 0.794. The lowest BCUT2D eigenvalue weighted by Gasteiger charge is -2.37. The van der Waals surface area contributed by atoms with E-state index in [1.54, 1.807) is 30.3 Å². The zero-order valence-electron chi connectivity index (χ0n) is 16.6. The molecule has 4 rings (SSSR count). The van der Waals surface area contributed by atoms with Crippen LogP contribution in [-0.2, 0) is 9.47 Å². The van der Waals surface area contributed by atoms with E-state index >= 15 is 0 Å². The number of nitrogens with one attached hydrogen (secondary N) is 1. The number of piperidine rings is 1. The number of ketones is 1. The number of hydrogen-bond donors (Lipinski definition) is 1. The summed E-state index contributed by atoms with van der Waals surface area (Å²) in [5.74, 6) is -0.337. The third kappa shape index (κ3) is 4.28. The molecule has 152 valence electrons. The summed E-state index contributed by atoms with van der Waals surface area (Å²) in [4.78, 5) is 35.3. The van der Waals surface area contributed by atoms with Crippen molar-refractivity contribution in [1.82, 2.24) is 9.97 Å². The summed E-state index contributed by atoms with van der Waals surface area (Å²) in [5, 5.41) is 2.81. The van der Waals surface area contributed by atoms with Gasteiger partial charge in [-0.05, 0) is 32.0 Å². The van der Waals surface area contributed by atoms with Gasteiger partial charge in [-0.1, -0.05) is 12.1 Å². The molecule has 29 heavy (non-hydrogen) atoms. The molecule has 0 bridgehead atoms. The fourth-order valence-corrected chi connectivity index (χ4v) is 3.65. The molecule has 2 aliphatic heterocycles. The van der Waals surface area contributed by atoms with E-state index in [0.717, 1.165) is 12.8 Å². The van der Waals surface area contributed by atoms with Gasteiger partial charge in [0.1, 0.15) is 5.69 Å². The van der Waals surface area contributed by atoms with Crippen LogP contribution in [0.4, 0.5) is 11.6 Å². The maximum atomic E-state index is 12.7. The largest absolute Gasteiger partial charge is 0.347 e. The zero-order chi connectivity index (χ0) is 20.4. The van der Waals surface area contributed by atoms with Gasteiger partial charge in [0.2, 0.25) is 5.95 Å². The molecule has 2 saturated heterocycles. The molecule has 1 aromatic heterocycles. The number of anilines is 2. The lowest BCUT2D eigenvalue weighted by atomic mass is 10.0. The van der Waals surface area contributed by atoms with Crippen molar-refractivity contribution in [3.63, 3.8) is 0 Å². The highest BCUT2D eigenvalue weighted by Gasteiger charge is 2.40. The Kier molecular flexibility index (Phi) is 5.29. The van der Waals surface area contributed by atoms with Crippen LogP contribution < -0.4 is 10.2 Å². The van der Waals surface area contributed by atoms with Crippen LogP contribution in [0.25, 0.3) is 0 Å². The molecule has 0 radical (unpaired) electrons. The van der Waals surface area contributed by atoms with Crippen molar-refractivity contribution in [2.24, 2.45) is 0 Å². The van der Waals surface area contributed by atoms with Crippen molar-refractivity contribution < 1.29 is 19.1 Å². The summed E-state index contributed by atoms with van der Waals surface area (Å²) < 4.78 is 11.5. The summed E-state index contributed by atoms with van der Waals surface area (Å²) in [6.07, 6.45) is 1.48. The average molecular weight is 396 g/mol. The molecule has 2 aromatic rings. The lowest BCUT2D eigenvalue weighted by molar-refractivity contribution is -0.169. The Morgan fingerprint density at radius 2 is 1.83 bits per heavy atom. The second-order valence-corrected chi connectivity index (χ2v) is 7.38. The standard InChI is InChI=1S/C21H24N4O4/c1-14-12-18(19(27)23-17-5-3-4-16(13-17)15(2)26)24-20(22-14)25-8-6-21(7-9-25)28-10-11-29-21/h3-5,12-13H,6-11H2,1-2H3,(H,23,27). The Morgan fingerprint density at radius 3 is 2.52 bits per heavy atom. The van der Waals surface area contributed by atoms with E-state index in [2.05, 4.69) is 20.2 Å². The Labute approximate surface area is 169 Å². The number of hydrogen-bond acceptors (Lipinski definition) is 7. The third-order valence-electron chi connectivity index (χ3n) is 5.22. The fourth-order valence-electron chi connectivity index (χ4n) is 3.65. The van der Waals surface area contributed by atoms with Crippen LogP contribution in [0.5, 0.6) is 0 Å². The summed E-state index contributed by atoms with van der Waals surface area (Å²) in [5.41, 5.74) is 2.09. The fraction of sp³-hybridized carbons (Fsp3) is 0.429. The molecule has 8 nitrogen and oxygen atoms in total. The maximum absolute atomic E-state index is 12.7. The van der Waals surface area contributed by atoms with E-state index in [9.17, 15) is 9.59 Å². The van der Waals surface area contributed by atoms with E-state index in [0.29, 0.717) is 49.2 Å². The monoisotopic (exact) mass is 396 g/mol. The first-order valence-electron chi connectivity index (χ1n) is 9.75. The molecular formula is C21H24N4O4. The molecule has 1 N–H and O–H groups in total. The van der Waals surface area contributed by atoms with Gasteiger partial charge in [-0.15, -0.1) is 0 Å². The molecule has 2 fully saturated rings. The minimum absolute atomic E-state index is 0.0562. The van der Waals surface area contributed by atoms with E-state index in [4.69, 9.17) is 9.47 Å². The molecule has 2 aliphatic rings. The first kappa shape index (κ1) is 19.5. The highest BCUT2D eigenvalue weighted by molar-refractivity contribution is 6.04. The van der Waals surface area contributed by atoms with Crippen LogP contribution in [0.15, 0.2) is 30.3 Å². The summed E-state index contributed by atoms with van der Waals surface area (Å²) >= 11 is 0. The van der Waals surface area contributed by atoms with Gasteiger partial charge in [0.05, 0.1) is 13.2 Å². The molecule has 1 spiro atoms. The van der Waals surface area contributed by atoms with Crippen molar-refractivity contribution in [1.29, 1.82) is 0 Å². The Hall–Kier alpha value is -2.84. The van der Waals surface area contributed by atoms with Crippen molar-refractivity contribution >= 4 is 23.3 Å². The van der Waals surface area contributed by atoms with Gasteiger partial charge >= 0.3 is 0 Å². The van der Waals surface area contributed by atoms with Crippen LogP contribution in [-0.4, -0.2) is 53.7 Å². The number of Topliss-reactive ketones (excluding diaryl/α,β-unsaturated/α-hetero) is 1. The van der Waals surface area contributed by atoms with Crippen molar-refractivity contribution in [3.05, 3.63) is 47.3 Å². The third-order valence-corrected chi connectivity index (χ3v) is 5.22. The second kappa shape index (κ2) is 7.88. The highest BCUT2D eigenvalue weighted by atomic mass is 16.7. The Balaban J connectivity index is 1.49. The van der Waals surface area contributed by atoms with Gasteiger partial charge in [-0.3, -0.25) is 9.59 Å². The first-order chi connectivity index (χ1) is 13.9. The molecule has 0 saturated carbocycles. The Bertz CT molecular complexity index is 930. The summed E-state index contributed by atoms with van der Waals surface area (Å²) in [6, 6.07) is 8.50. The van der Waals surface area contributed by atoms with Crippen LogP contribution in [0.2, 0.25) is 0 Å². The minimum Gasteiger partial charge on any atom is -0.347 e. The molecule has 0 unspecified atom stereocenters. The molecule has 8 heteroatoms. The normalized spacial score (nSPS) is 18.1. The van der Waals surface area contributed by atoms with Gasteiger partial charge in [0.25, 0.3) is 5.91 Å². The predicted molar refractivity (Wildman–Crippen MR) is 107 cm³/mol.